The second-order valence-electron chi connectivity index (χ2n) is 8.24. The third kappa shape index (κ3) is 11.4. The van der Waals surface area contributed by atoms with E-state index in [1.807, 2.05) is 51.1 Å². The van der Waals surface area contributed by atoms with E-state index in [-0.39, 0.29) is 11.9 Å². The predicted octanol–water partition coefficient (Wildman–Crippen LogP) is 5.57. The molecule has 8 heteroatoms. The molecule has 1 aromatic carbocycles. The average Bonchev–Trinajstić information content (AvgIpc) is 2.76. The van der Waals surface area contributed by atoms with Gasteiger partial charge in [-0.05, 0) is 87.2 Å². The lowest BCUT2D eigenvalue weighted by atomic mass is 10.1. The molecule has 1 aromatic heterocycles. The number of unbranched alkanes of at least 4 members (excludes halogenated alkanes) is 2. The Kier molecular flexibility index (Phi) is 11.5. The van der Waals surface area contributed by atoms with E-state index in [0.717, 1.165) is 42.3 Å². The SMILES string of the molecule is CC(C)(C)OC(=O)c1ccc(NCCCCCNC(=O)CCSSc2ccccn2)cc1. The van der Waals surface area contributed by atoms with Gasteiger partial charge in [0.25, 0.3) is 0 Å². The van der Waals surface area contributed by atoms with Crippen LogP contribution >= 0.6 is 21.6 Å². The van der Waals surface area contributed by atoms with Gasteiger partial charge in [-0.25, -0.2) is 9.78 Å². The molecule has 0 aliphatic rings. The number of ether oxygens (including phenoxy) is 1. The van der Waals surface area contributed by atoms with Gasteiger partial charge in [0.15, 0.2) is 0 Å². The summed E-state index contributed by atoms with van der Waals surface area (Å²) in [5.74, 6) is 0.558. The van der Waals surface area contributed by atoms with Gasteiger partial charge in [-0.2, -0.15) is 0 Å². The Balaban J connectivity index is 1.48. The molecule has 1 heterocycles. The van der Waals surface area contributed by atoms with E-state index in [2.05, 4.69) is 15.6 Å². The first kappa shape index (κ1) is 26.1. The highest BCUT2D eigenvalue weighted by Crippen LogP contribution is 2.29. The van der Waals surface area contributed by atoms with Gasteiger partial charge in [0, 0.05) is 37.1 Å². The highest BCUT2D eigenvalue weighted by molar-refractivity contribution is 8.76. The van der Waals surface area contributed by atoms with Crippen LogP contribution in [0, 0.1) is 0 Å². The van der Waals surface area contributed by atoms with Crippen LogP contribution in [0.15, 0.2) is 53.7 Å². The number of esters is 1. The van der Waals surface area contributed by atoms with Gasteiger partial charge in [0.05, 0.1) is 5.56 Å². The summed E-state index contributed by atoms with van der Waals surface area (Å²) < 4.78 is 5.37. The number of carbonyl (C=O) groups is 2. The number of hydrogen-bond acceptors (Lipinski definition) is 7. The number of nitrogens with zero attached hydrogens (tertiary/aromatic N) is 1. The second kappa shape index (κ2) is 14.1. The summed E-state index contributed by atoms with van der Waals surface area (Å²) in [5.41, 5.74) is 1.03. The van der Waals surface area contributed by atoms with Crippen molar-refractivity contribution in [2.45, 2.75) is 57.1 Å². The van der Waals surface area contributed by atoms with Crippen LogP contribution in [-0.4, -0.2) is 41.3 Å². The Labute approximate surface area is 199 Å². The maximum absolute atomic E-state index is 12.0. The van der Waals surface area contributed by atoms with E-state index in [0.29, 0.717) is 18.5 Å². The minimum atomic E-state index is -0.494. The normalized spacial score (nSPS) is 11.1. The van der Waals surface area contributed by atoms with Crippen LogP contribution < -0.4 is 10.6 Å². The van der Waals surface area contributed by atoms with Crippen LogP contribution in [0.1, 0.15) is 56.8 Å². The topological polar surface area (TPSA) is 80.3 Å². The summed E-state index contributed by atoms with van der Waals surface area (Å²) in [4.78, 5) is 28.2. The number of amides is 1. The number of aromatic nitrogens is 1. The lowest BCUT2D eigenvalue weighted by Gasteiger charge is -2.19. The van der Waals surface area contributed by atoms with Crippen LogP contribution in [0.3, 0.4) is 0 Å². The molecule has 0 saturated carbocycles. The summed E-state index contributed by atoms with van der Waals surface area (Å²) in [7, 11) is 3.24. The molecular weight excluding hydrogens is 442 g/mol. The minimum Gasteiger partial charge on any atom is -0.456 e. The van der Waals surface area contributed by atoms with Crippen LogP contribution in [0.25, 0.3) is 0 Å². The number of rotatable bonds is 13. The largest absolute Gasteiger partial charge is 0.456 e. The van der Waals surface area contributed by atoms with E-state index in [4.69, 9.17) is 4.74 Å². The minimum absolute atomic E-state index is 0.0994. The molecule has 0 aliphatic carbocycles. The number of carbonyl (C=O) groups excluding carboxylic acids is 2. The molecule has 0 saturated heterocycles. The fraction of sp³-hybridized carbons (Fsp3) is 0.458. The van der Waals surface area contributed by atoms with Crippen molar-refractivity contribution in [2.24, 2.45) is 0 Å². The molecule has 1 amide bonds. The van der Waals surface area contributed by atoms with E-state index >= 15 is 0 Å². The summed E-state index contributed by atoms with van der Waals surface area (Å²) in [5, 5.41) is 7.30. The fourth-order valence-electron chi connectivity index (χ4n) is 2.67. The van der Waals surface area contributed by atoms with Crippen molar-refractivity contribution in [3.05, 3.63) is 54.2 Å². The lowest BCUT2D eigenvalue weighted by Crippen LogP contribution is -2.24. The first-order chi connectivity index (χ1) is 15.3. The monoisotopic (exact) mass is 475 g/mol. The Hall–Kier alpha value is -2.19. The second-order valence-corrected chi connectivity index (χ2v) is 10.7. The van der Waals surface area contributed by atoms with E-state index in [9.17, 15) is 9.59 Å². The van der Waals surface area contributed by atoms with Crippen LogP contribution in [0.2, 0.25) is 0 Å². The van der Waals surface area contributed by atoms with Gasteiger partial charge in [-0.15, -0.1) is 0 Å². The van der Waals surface area contributed by atoms with Gasteiger partial charge in [-0.3, -0.25) is 4.79 Å². The zero-order valence-corrected chi connectivity index (χ0v) is 20.7. The molecular formula is C24H33N3O3S2. The Morgan fingerprint density at radius 1 is 1.00 bits per heavy atom. The average molecular weight is 476 g/mol. The molecule has 0 radical (unpaired) electrons. The van der Waals surface area contributed by atoms with E-state index in [1.54, 1.807) is 39.9 Å². The predicted molar refractivity (Wildman–Crippen MR) is 134 cm³/mol. The molecule has 2 rings (SSSR count). The highest BCUT2D eigenvalue weighted by atomic mass is 33.1. The van der Waals surface area contributed by atoms with Crippen molar-refractivity contribution in [3.8, 4) is 0 Å². The number of anilines is 1. The van der Waals surface area contributed by atoms with Crippen LogP contribution in [0.5, 0.6) is 0 Å². The molecule has 0 bridgehead atoms. The van der Waals surface area contributed by atoms with Crippen molar-refractivity contribution in [3.63, 3.8) is 0 Å². The van der Waals surface area contributed by atoms with Gasteiger partial charge in [-0.1, -0.05) is 16.9 Å². The standard InChI is InChI=1S/C24H33N3O3S2/c1-24(2,3)30-23(29)19-10-12-20(13-11-19)25-15-6-4-7-16-26-21(28)14-18-31-32-22-9-5-8-17-27-22/h5,8-13,17,25H,4,6-7,14-16,18H2,1-3H3,(H,26,28). The molecule has 6 nitrogen and oxygen atoms in total. The summed E-state index contributed by atoms with van der Waals surface area (Å²) in [6, 6.07) is 13.2. The van der Waals surface area contributed by atoms with Crippen molar-refractivity contribution in [1.82, 2.24) is 10.3 Å². The van der Waals surface area contributed by atoms with E-state index in [1.165, 1.54) is 0 Å². The highest BCUT2D eigenvalue weighted by Gasteiger charge is 2.17. The Bertz CT molecular complexity index is 825. The molecule has 0 fully saturated rings. The maximum atomic E-state index is 12.0. The number of benzene rings is 1. The third-order valence-corrected chi connectivity index (χ3v) is 6.49. The zero-order valence-electron chi connectivity index (χ0n) is 19.1. The molecule has 2 N–H and O–H groups in total. The van der Waals surface area contributed by atoms with Gasteiger partial charge < -0.3 is 15.4 Å². The summed E-state index contributed by atoms with van der Waals surface area (Å²) >= 11 is 0. The van der Waals surface area contributed by atoms with Gasteiger partial charge in [0.1, 0.15) is 10.6 Å². The van der Waals surface area contributed by atoms with Gasteiger partial charge >= 0.3 is 5.97 Å². The molecule has 0 atom stereocenters. The van der Waals surface area contributed by atoms with Crippen molar-refractivity contribution >= 4 is 39.2 Å². The molecule has 0 unspecified atom stereocenters. The zero-order chi connectivity index (χ0) is 23.2. The quantitative estimate of drug-likeness (QED) is 0.223. The summed E-state index contributed by atoms with van der Waals surface area (Å²) in [6.07, 6.45) is 5.30. The molecule has 32 heavy (non-hydrogen) atoms. The molecule has 2 aromatic rings. The van der Waals surface area contributed by atoms with Crippen LogP contribution in [-0.2, 0) is 9.53 Å². The number of nitrogens with one attached hydrogen (secondary N) is 2. The Morgan fingerprint density at radius 2 is 1.75 bits per heavy atom. The van der Waals surface area contributed by atoms with E-state index < -0.39 is 5.60 Å². The number of pyridine rings is 1. The van der Waals surface area contributed by atoms with Crippen molar-refractivity contribution in [2.75, 3.05) is 24.2 Å². The smallest absolute Gasteiger partial charge is 0.338 e. The number of hydrogen-bond donors (Lipinski definition) is 2. The molecule has 0 aliphatic heterocycles. The third-order valence-electron chi connectivity index (χ3n) is 4.22. The fourth-order valence-corrected chi connectivity index (χ4v) is 4.54. The lowest BCUT2D eigenvalue weighted by molar-refractivity contribution is -0.120. The maximum Gasteiger partial charge on any atom is 0.338 e. The van der Waals surface area contributed by atoms with Crippen molar-refractivity contribution in [1.29, 1.82) is 0 Å². The van der Waals surface area contributed by atoms with Crippen molar-refractivity contribution < 1.29 is 14.3 Å². The first-order valence-electron chi connectivity index (χ1n) is 10.9. The molecule has 174 valence electrons. The first-order valence-corrected chi connectivity index (χ1v) is 13.2. The molecule has 0 spiro atoms. The summed E-state index contributed by atoms with van der Waals surface area (Å²) in [6.45, 7) is 7.13. The van der Waals surface area contributed by atoms with Crippen LogP contribution in [0.4, 0.5) is 5.69 Å². The van der Waals surface area contributed by atoms with Gasteiger partial charge in [0.2, 0.25) is 5.91 Å². The Morgan fingerprint density at radius 3 is 2.44 bits per heavy atom.